The van der Waals surface area contributed by atoms with Gasteiger partial charge >= 0.3 is 0 Å². The molecule has 3 N–H and O–H groups in total. The lowest BCUT2D eigenvalue weighted by molar-refractivity contribution is 0.260. The van der Waals surface area contributed by atoms with Crippen LogP contribution >= 0.6 is 0 Å². The van der Waals surface area contributed by atoms with Gasteiger partial charge in [0.05, 0.1) is 12.7 Å². The minimum absolute atomic E-state index is 0.0143. The van der Waals surface area contributed by atoms with Gasteiger partial charge in [-0.3, -0.25) is 0 Å². The fourth-order valence-corrected chi connectivity index (χ4v) is 0.538. The lowest BCUT2D eigenvalue weighted by Crippen LogP contribution is -2.23. The summed E-state index contributed by atoms with van der Waals surface area (Å²) in [5.74, 6) is 0. The van der Waals surface area contributed by atoms with Crippen molar-refractivity contribution >= 4 is 0 Å². The van der Waals surface area contributed by atoms with E-state index >= 15 is 0 Å². The molecule has 0 heterocycles. The van der Waals surface area contributed by atoms with Crippen molar-refractivity contribution in [1.82, 2.24) is 0 Å². The van der Waals surface area contributed by atoms with Gasteiger partial charge in [-0.2, -0.15) is 5.26 Å². The predicted molar refractivity (Wildman–Crippen MR) is 39.0 cm³/mol. The molecule has 0 aromatic rings. The number of rotatable bonds is 4. The lowest BCUT2D eigenvalue weighted by Gasteiger charge is -2.03. The summed E-state index contributed by atoms with van der Waals surface area (Å²) in [6.07, 6.45) is 4.66. The monoisotopic (exact) mass is 140 g/mol. The van der Waals surface area contributed by atoms with Crippen molar-refractivity contribution in [3.05, 3.63) is 12.2 Å². The highest BCUT2D eigenvalue weighted by Crippen LogP contribution is 1.93. The van der Waals surface area contributed by atoms with Gasteiger partial charge in [0.1, 0.15) is 0 Å². The van der Waals surface area contributed by atoms with Crippen LogP contribution in [-0.4, -0.2) is 17.8 Å². The van der Waals surface area contributed by atoms with Crippen molar-refractivity contribution in [2.45, 2.75) is 18.9 Å². The number of nitriles is 1. The van der Waals surface area contributed by atoms with Gasteiger partial charge in [-0.15, -0.1) is 0 Å². The average Bonchev–Trinajstić information content (AvgIpc) is 1.98. The summed E-state index contributed by atoms with van der Waals surface area (Å²) >= 11 is 0. The molecule has 0 bridgehead atoms. The second kappa shape index (κ2) is 6.27. The van der Waals surface area contributed by atoms with E-state index in [1.54, 1.807) is 6.08 Å². The smallest absolute Gasteiger partial charge is 0.0908 e. The topological polar surface area (TPSA) is 70.0 Å². The lowest BCUT2D eigenvalue weighted by atomic mass is 10.2. The Kier molecular flexibility index (Phi) is 5.74. The molecule has 0 aromatic carbocycles. The largest absolute Gasteiger partial charge is 0.395 e. The Labute approximate surface area is 60.8 Å². The van der Waals surface area contributed by atoms with Crippen LogP contribution < -0.4 is 5.73 Å². The van der Waals surface area contributed by atoms with Crippen LogP contribution in [0.1, 0.15) is 12.8 Å². The summed E-state index contributed by atoms with van der Waals surface area (Å²) in [4.78, 5) is 0. The van der Waals surface area contributed by atoms with E-state index in [0.29, 0.717) is 0 Å². The van der Waals surface area contributed by atoms with E-state index in [9.17, 15) is 0 Å². The molecule has 56 valence electrons. The van der Waals surface area contributed by atoms with Gasteiger partial charge in [0, 0.05) is 12.1 Å². The summed E-state index contributed by atoms with van der Waals surface area (Å²) in [7, 11) is 0. The number of hydrogen-bond acceptors (Lipinski definition) is 3. The number of aliphatic hydroxyl groups excluding tert-OH is 1. The van der Waals surface area contributed by atoms with E-state index in [1.165, 1.54) is 6.08 Å². The zero-order chi connectivity index (χ0) is 7.82. The maximum atomic E-state index is 8.48. The van der Waals surface area contributed by atoms with Crippen LogP contribution in [0.4, 0.5) is 0 Å². The standard InChI is InChI=1S/C7H12N2O/c8-5-3-1-2-4-7(9)6-10/h1,3,7,10H,2,4,6,9H2/b3-1+/t7-/m0/s1. The van der Waals surface area contributed by atoms with Crippen LogP contribution in [-0.2, 0) is 0 Å². The number of hydrogen-bond donors (Lipinski definition) is 2. The summed E-state index contributed by atoms with van der Waals surface area (Å²) in [5.41, 5.74) is 5.39. The molecule has 0 saturated heterocycles. The van der Waals surface area contributed by atoms with E-state index in [2.05, 4.69) is 0 Å². The molecule has 0 rings (SSSR count). The highest BCUT2D eigenvalue weighted by Gasteiger charge is 1.95. The van der Waals surface area contributed by atoms with Crippen molar-refractivity contribution in [3.8, 4) is 6.07 Å². The van der Waals surface area contributed by atoms with Gasteiger partial charge in [-0.25, -0.2) is 0 Å². The number of nitrogens with zero attached hydrogens (tertiary/aromatic N) is 1. The van der Waals surface area contributed by atoms with Crippen molar-refractivity contribution in [3.63, 3.8) is 0 Å². The zero-order valence-electron chi connectivity index (χ0n) is 5.83. The molecular formula is C7H12N2O. The van der Waals surface area contributed by atoms with Crippen LogP contribution in [0, 0.1) is 11.3 Å². The molecule has 0 saturated carbocycles. The van der Waals surface area contributed by atoms with E-state index in [0.717, 1.165) is 12.8 Å². The summed E-state index contributed by atoms with van der Waals surface area (Å²) in [6, 6.07) is 1.73. The number of nitrogens with two attached hydrogens (primary N) is 1. The van der Waals surface area contributed by atoms with Crippen molar-refractivity contribution in [2.24, 2.45) is 5.73 Å². The van der Waals surface area contributed by atoms with Gasteiger partial charge in [-0.1, -0.05) is 6.08 Å². The van der Waals surface area contributed by atoms with Crippen molar-refractivity contribution < 1.29 is 5.11 Å². The first-order valence-electron chi connectivity index (χ1n) is 3.22. The highest BCUT2D eigenvalue weighted by molar-refractivity contribution is 5.01. The van der Waals surface area contributed by atoms with E-state index < -0.39 is 0 Å². The van der Waals surface area contributed by atoms with Crippen LogP contribution in [0.3, 0.4) is 0 Å². The normalized spacial score (nSPS) is 13.3. The second-order valence-corrected chi connectivity index (χ2v) is 2.05. The molecule has 0 amide bonds. The number of aliphatic hydroxyl groups is 1. The van der Waals surface area contributed by atoms with E-state index in [-0.39, 0.29) is 12.6 Å². The zero-order valence-corrected chi connectivity index (χ0v) is 5.83. The third kappa shape index (κ3) is 5.29. The van der Waals surface area contributed by atoms with Gasteiger partial charge in [-0.05, 0) is 12.8 Å². The third-order valence-corrected chi connectivity index (χ3v) is 1.13. The third-order valence-electron chi connectivity index (χ3n) is 1.13. The van der Waals surface area contributed by atoms with Crippen molar-refractivity contribution in [2.75, 3.05) is 6.61 Å². The van der Waals surface area contributed by atoms with Crippen LogP contribution in [0.25, 0.3) is 0 Å². The first-order valence-corrected chi connectivity index (χ1v) is 3.22. The Morgan fingerprint density at radius 3 is 2.90 bits per heavy atom. The van der Waals surface area contributed by atoms with E-state index in [1.807, 2.05) is 6.07 Å². The molecule has 0 aliphatic carbocycles. The minimum Gasteiger partial charge on any atom is -0.395 e. The van der Waals surface area contributed by atoms with Gasteiger partial charge in [0.2, 0.25) is 0 Å². The Hall–Kier alpha value is -0.850. The van der Waals surface area contributed by atoms with Crippen LogP contribution in [0.15, 0.2) is 12.2 Å². The Bertz CT molecular complexity index is 137. The molecule has 0 aromatic heterocycles. The SMILES string of the molecule is N#C/C=C/CC[C@H](N)CO. The molecule has 10 heavy (non-hydrogen) atoms. The van der Waals surface area contributed by atoms with Gasteiger partial charge in [0.15, 0.2) is 0 Å². The molecule has 0 unspecified atom stereocenters. The molecule has 0 aliphatic rings. The molecule has 3 nitrogen and oxygen atoms in total. The minimum atomic E-state index is -0.150. The van der Waals surface area contributed by atoms with Crippen LogP contribution in [0.5, 0.6) is 0 Å². The van der Waals surface area contributed by atoms with Crippen LogP contribution in [0.2, 0.25) is 0 Å². The molecule has 0 radical (unpaired) electrons. The fraction of sp³-hybridized carbons (Fsp3) is 0.571. The molecular weight excluding hydrogens is 128 g/mol. The fourth-order valence-electron chi connectivity index (χ4n) is 0.538. The van der Waals surface area contributed by atoms with Gasteiger partial charge in [0.25, 0.3) is 0 Å². The summed E-state index contributed by atoms with van der Waals surface area (Å²) in [5, 5.41) is 16.5. The van der Waals surface area contributed by atoms with E-state index in [4.69, 9.17) is 16.1 Å². The highest BCUT2D eigenvalue weighted by atomic mass is 16.3. The number of allylic oxidation sites excluding steroid dienone is 2. The molecule has 0 spiro atoms. The van der Waals surface area contributed by atoms with Gasteiger partial charge < -0.3 is 10.8 Å². The Morgan fingerprint density at radius 1 is 1.70 bits per heavy atom. The Morgan fingerprint density at radius 2 is 2.40 bits per heavy atom. The second-order valence-electron chi connectivity index (χ2n) is 2.05. The molecule has 0 aliphatic heterocycles. The molecule has 0 fully saturated rings. The first-order chi connectivity index (χ1) is 4.81. The quantitative estimate of drug-likeness (QED) is 0.547. The Balaban J connectivity index is 3.21. The maximum absolute atomic E-state index is 8.48. The first kappa shape index (κ1) is 9.15. The predicted octanol–water partition coefficient (Wildman–Crippen LogP) is 0.166. The molecule has 1 atom stereocenters. The summed E-state index contributed by atoms with van der Waals surface area (Å²) < 4.78 is 0. The maximum Gasteiger partial charge on any atom is 0.0908 e. The average molecular weight is 140 g/mol. The summed E-state index contributed by atoms with van der Waals surface area (Å²) in [6.45, 7) is 0.0143. The van der Waals surface area contributed by atoms with Crippen molar-refractivity contribution in [1.29, 1.82) is 5.26 Å². The molecule has 3 heteroatoms.